The van der Waals surface area contributed by atoms with E-state index in [1.807, 2.05) is 42.5 Å². The number of hydrogen-bond acceptors (Lipinski definition) is 4. The van der Waals surface area contributed by atoms with E-state index in [1.165, 1.54) is 0 Å². The lowest BCUT2D eigenvalue weighted by atomic mass is 9.95. The highest BCUT2D eigenvalue weighted by Crippen LogP contribution is 2.28. The maximum Gasteiger partial charge on any atom is 0.119 e. The van der Waals surface area contributed by atoms with Crippen molar-refractivity contribution in [1.82, 2.24) is 0 Å². The van der Waals surface area contributed by atoms with E-state index >= 15 is 0 Å². The molecule has 0 aliphatic rings. The molecule has 4 nitrogen and oxygen atoms in total. The second-order valence-electron chi connectivity index (χ2n) is 6.55. The molecule has 0 unspecified atom stereocenters. The third-order valence-electron chi connectivity index (χ3n) is 4.51. The summed E-state index contributed by atoms with van der Waals surface area (Å²) in [6.07, 6.45) is 1.88. The van der Waals surface area contributed by atoms with Gasteiger partial charge in [0.2, 0.25) is 0 Å². The van der Waals surface area contributed by atoms with Crippen LogP contribution in [0.1, 0.15) is 55.4 Å². The smallest absolute Gasteiger partial charge is 0.119 e. The average Bonchev–Trinajstić information content (AvgIpc) is 2.68. The molecule has 142 valence electrons. The molecule has 0 saturated carbocycles. The Bertz CT molecular complexity index is 642. The lowest BCUT2D eigenvalue weighted by molar-refractivity contribution is 0.00985. The largest absolute Gasteiger partial charge is 0.497 e. The fourth-order valence-electron chi connectivity index (χ4n) is 2.93. The predicted molar refractivity (Wildman–Crippen MR) is 103 cm³/mol. The van der Waals surface area contributed by atoms with E-state index in [2.05, 4.69) is 6.92 Å². The SMILES string of the molecule is CCCCC[C@@H](O)[C@H](O)c1cc(OC)ccc1COCc1ccccc1. The summed E-state index contributed by atoms with van der Waals surface area (Å²) in [6, 6.07) is 15.5. The zero-order valence-corrected chi connectivity index (χ0v) is 15.7. The Balaban J connectivity index is 2.05. The van der Waals surface area contributed by atoms with Gasteiger partial charge in [-0.05, 0) is 35.2 Å². The van der Waals surface area contributed by atoms with Crippen LogP contribution in [-0.4, -0.2) is 23.4 Å². The van der Waals surface area contributed by atoms with Crippen LogP contribution in [0.2, 0.25) is 0 Å². The number of hydrogen-bond donors (Lipinski definition) is 2. The zero-order chi connectivity index (χ0) is 18.8. The van der Waals surface area contributed by atoms with Gasteiger partial charge in [0.25, 0.3) is 0 Å². The molecule has 0 radical (unpaired) electrons. The third kappa shape index (κ3) is 6.13. The van der Waals surface area contributed by atoms with Crippen molar-refractivity contribution in [2.75, 3.05) is 7.11 Å². The van der Waals surface area contributed by atoms with Crippen molar-refractivity contribution in [3.05, 3.63) is 65.2 Å². The number of benzene rings is 2. The van der Waals surface area contributed by atoms with Gasteiger partial charge < -0.3 is 19.7 Å². The summed E-state index contributed by atoms with van der Waals surface area (Å²) in [5, 5.41) is 21.0. The molecule has 0 bridgehead atoms. The topological polar surface area (TPSA) is 58.9 Å². The lowest BCUT2D eigenvalue weighted by Crippen LogP contribution is -2.20. The molecule has 2 aromatic carbocycles. The Hall–Kier alpha value is -1.88. The van der Waals surface area contributed by atoms with E-state index in [0.717, 1.165) is 30.4 Å². The predicted octanol–water partition coefficient (Wildman–Crippen LogP) is 4.39. The Labute approximate surface area is 156 Å². The van der Waals surface area contributed by atoms with Crippen molar-refractivity contribution in [3.63, 3.8) is 0 Å². The number of aliphatic hydroxyl groups excluding tert-OH is 2. The first kappa shape index (κ1) is 20.4. The van der Waals surface area contributed by atoms with Gasteiger partial charge in [0.1, 0.15) is 11.9 Å². The summed E-state index contributed by atoms with van der Waals surface area (Å²) >= 11 is 0. The van der Waals surface area contributed by atoms with Crippen LogP contribution in [0.15, 0.2) is 48.5 Å². The van der Waals surface area contributed by atoms with E-state index in [4.69, 9.17) is 9.47 Å². The van der Waals surface area contributed by atoms with Crippen molar-refractivity contribution < 1.29 is 19.7 Å². The number of methoxy groups -OCH3 is 1. The molecule has 0 spiro atoms. The van der Waals surface area contributed by atoms with Gasteiger partial charge in [-0.2, -0.15) is 0 Å². The van der Waals surface area contributed by atoms with Crippen LogP contribution in [-0.2, 0) is 18.0 Å². The number of aliphatic hydroxyl groups is 2. The van der Waals surface area contributed by atoms with Crippen molar-refractivity contribution in [2.24, 2.45) is 0 Å². The minimum absolute atomic E-state index is 0.368. The first-order chi connectivity index (χ1) is 12.7. The average molecular weight is 358 g/mol. The Morgan fingerprint density at radius 1 is 0.962 bits per heavy atom. The van der Waals surface area contributed by atoms with E-state index < -0.39 is 12.2 Å². The summed E-state index contributed by atoms with van der Waals surface area (Å²) in [7, 11) is 1.59. The summed E-state index contributed by atoms with van der Waals surface area (Å²) in [5.41, 5.74) is 2.63. The molecular formula is C22H30O4. The zero-order valence-electron chi connectivity index (χ0n) is 15.7. The van der Waals surface area contributed by atoms with Gasteiger partial charge in [-0.1, -0.05) is 62.6 Å². The molecule has 2 aromatic rings. The quantitative estimate of drug-likeness (QED) is 0.585. The fraction of sp³-hybridized carbons (Fsp3) is 0.455. The van der Waals surface area contributed by atoms with Crippen molar-refractivity contribution in [3.8, 4) is 5.75 Å². The monoisotopic (exact) mass is 358 g/mol. The lowest BCUT2D eigenvalue weighted by Gasteiger charge is -2.21. The van der Waals surface area contributed by atoms with Crippen LogP contribution in [0.25, 0.3) is 0 Å². The number of ether oxygens (including phenoxy) is 2. The molecule has 2 atom stereocenters. The Morgan fingerprint density at radius 3 is 2.42 bits per heavy atom. The normalized spacial score (nSPS) is 13.4. The maximum atomic E-state index is 10.6. The van der Waals surface area contributed by atoms with Crippen molar-refractivity contribution >= 4 is 0 Å². The summed E-state index contributed by atoms with van der Waals surface area (Å²) in [6.45, 7) is 2.99. The highest BCUT2D eigenvalue weighted by Gasteiger charge is 2.21. The van der Waals surface area contributed by atoms with E-state index in [9.17, 15) is 10.2 Å². The van der Waals surface area contributed by atoms with Gasteiger partial charge >= 0.3 is 0 Å². The molecular weight excluding hydrogens is 328 g/mol. The molecule has 2 rings (SSSR count). The fourth-order valence-corrected chi connectivity index (χ4v) is 2.93. The molecule has 26 heavy (non-hydrogen) atoms. The van der Waals surface area contributed by atoms with Crippen LogP contribution in [0.4, 0.5) is 0 Å². The van der Waals surface area contributed by atoms with Gasteiger partial charge in [0.15, 0.2) is 0 Å². The Morgan fingerprint density at radius 2 is 1.73 bits per heavy atom. The number of rotatable bonds is 11. The van der Waals surface area contributed by atoms with Gasteiger partial charge in [-0.25, -0.2) is 0 Å². The highest BCUT2D eigenvalue weighted by atomic mass is 16.5. The van der Waals surface area contributed by atoms with E-state index in [0.29, 0.717) is 30.9 Å². The second-order valence-corrected chi connectivity index (χ2v) is 6.55. The van der Waals surface area contributed by atoms with Crippen molar-refractivity contribution in [2.45, 2.75) is 58.0 Å². The first-order valence-electron chi connectivity index (χ1n) is 9.30. The standard InChI is InChI=1S/C22H30O4/c1-3-4-6-11-21(23)22(24)20-14-19(25-2)13-12-18(20)16-26-15-17-9-7-5-8-10-17/h5,7-10,12-14,21-24H,3-4,6,11,15-16H2,1-2H3/t21-,22-/m1/s1. The van der Waals surface area contributed by atoms with E-state index in [-0.39, 0.29) is 0 Å². The van der Waals surface area contributed by atoms with Crippen LogP contribution in [0, 0.1) is 0 Å². The molecule has 2 N–H and O–H groups in total. The molecule has 0 aliphatic carbocycles. The summed E-state index contributed by atoms with van der Waals surface area (Å²) in [4.78, 5) is 0. The summed E-state index contributed by atoms with van der Waals surface area (Å²) in [5.74, 6) is 0.659. The molecule has 0 aromatic heterocycles. The van der Waals surface area contributed by atoms with Gasteiger partial charge in [-0.3, -0.25) is 0 Å². The van der Waals surface area contributed by atoms with Crippen LogP contribution in [0.3, 0.4) is 0 Å². The van der Waals surface area contributed by atoms with Gasteiger partial charge in [-0.15, -0.1) is 0 Å². The molecule has 0 saturated heterocycles. The van der Waals surface area contributed by atoms with Gasteiger partial charge in [0, 0.05) is 0 Å². The molecule has 0 fully saturated rings. The minimum atomic E-state index is -0.947. The third-order valence-corrected chi connectivity index (χ3v) is 4.51. The summed E-state index contributed by atoms with van der Waals surface area (Å²) < 4.78 is 11.1. The number of unbranched alkanes of at least 4 members (excludes halogenated alkanes) is 2. The maximum absolute atomic E-state index is 10.6. The second kappa shape index (κ2) is 11.0. The van der Waals surface area contributed by atoms with E-state index in [1.54, 1.807) is 13.2 Å². The molecule has 0 amide bonds. The Kier molecular flexibility index (Phi) is 8.62. The molecule has 0 aliphatic heterocycles. The molecule has 0 heterocycles. The van der Waals surface area contributed by atoms with Crippen molar-refractivity contribution in [1.29, 1.82) is 0 Å². The van der Waals surface area contributed by atoms with Crippen LogP contribution >= 0.6 is 0 Å². The molecule has 4 heteroatoms. The minimum Gasteiger partial charge on any atom is -0.497 e. The first-order valence-corrected chi connectivity index (χ1v) is 9.30. The highest BCUT2D eigenvalue weighted by molar-refractivity contribution is 5.37. The van der Waals surface area contributed by atoms with Crippen LogP contribution < -0.4 is 4.74 Å². The van der Waals surface area contributed by atoms with Crippen LogP contribution in [0.5, 0.6) is 5.75 Å². The van der Waals surface area contributed by atoms with Gasteiger partial charge in [0.05, 0.1) is 26.4 Å².